The first-order valence-corrected chi connectivity index (χ1v) is 5.79. The van der Waals surface area contributed by atoms with Crippen molar-refractivity contribution in [2.45, 2.75) is 33.2 Å². The van der Waals surface area contributed by atoms with Gasteiger partial charge >= 0.3 is 0 Å². The molecule has 1 rings (SSSR count). The quantitative estimate of drug-likeness (QED) is 0.846. The van der Waals surface area contributed by atoms with Gasteiger partial charge in [-0.15, -0.1) is 0 Å². The fourth-order valence-corrected chi connectivity index (χ4v) is 1.47. The summed E-state index contributed by atoms with van der Waals surface area (Å²) in [5.74, 6) is -0.503. The summed E-state index contributed by atoms with van der Waals surface area (Å²) < 4.78 is 13.3. The second kappa shape index (κ2) is 5.77. The van der Waals surface area contributed by atoms with Gasteiger partial charge in [-0.25, -0.2) is 4.39 Å². The average Bonchev–Trinajstić information content (AvgIpc) is 2.32. The molecule has 0 unspecified atom stereocenters. The second-order valence-electron chi connectivity index (χ2n) is 4.31. The van der Waals surface area contributed by atoms with Crippen molar-refractivity contribution in [3.8, 4) is 0 Å². The van der Waals surface area contributed by atoms with Gasteiger partial charge in [0.25, 0.3) is 0 Å². The monoisotopic (exact) mass is 238 g/mol. The van der Waals surface area contributed by atoms with Gasteiger partial charge in [-0.1, -0.05) is 26.3 Å². The smallest absolute Gasteiger partial charge is 0.241 e. The van der Waals surface area contributed by atoms with Crippen LogP contribution < -0.4 is 11.1 Å². The van der Waals surface area contributed by atoms with Crippen molar-refractivity contribution in [1.82, 2.24) is 0 Å². The summed E-state index contributed by atoms with van der Waals surface area (Å²) in [6.07, 6.45) is 0.830. The van der Waals surface area contributed by atoms with Crippen molar-refractivity contribution < 1.29 is 9.18 Å². The van der Waals surface area contributed by atoms with E-state index >= 15 is 0 Å². The normalized spacial score (nSPS) is 14.2. The summed E-state index contributed by atoms with van der Waals surface area (Å²) in [5, 5.41) is 2.66. The number of benzene rings is 1. The third-order valence-corrected chi connectivity index (χ3v) is 3.09. The van der Waals surface area contributed by atoms with Crippen LogP contribution in [0.1, 0.15) is 25.8 Å². The van der Waals surface area contributed by atoms with Crippen LogP contribution in [0.4, 0.5) is 10.1 Å². The van der Waals surface area contributed by atoms with Crippen molar-refractivity contribution in [2.75, 3.05) is 5.32 Å². The Hall–Kier alpha value is -1.42. The maximum Gasteiger partial charge on any atom is 0.241 e. The van der Waals surface area contributed by atoms with Crippen LogP contribution in [0.15, 0.2) is 18.2 Å². The number of nitrogens with two attached hydrogens (primary N) is 1. The third-order valence-electron chi connectivity index (χ3n) is 3.09. The number of carbonyl (C=O) groups excluding carboxylic acids is 1. The van der Waals surface area contributed by atoms with Gasteiger partial charge in [0.1, 0.15) is 5.82 Å². The first-order valence-electron chi connectivity index (χ1n) is 5.79. The number of carbonyl (C=O) groups is 1. The summed E-state index contributed by atoms with van der Waals surface area (Å²) in [6, 6.07) is 4.02. The summed E-state index contributed by atoms with van der Waals surface area (Å²) in [7, 11) is 0. The maximum absolute atomic E-state index is 13.3. The van der Waals surface area contributed by atoms with E-state index in [0.717, 1.165) is 6.42 Å². The fraction of sp³-hybridized carbons (Fsp3) is 0.462. The third kappa shape index (κ3) is 3.27. The van der Waals surface area contributed by atoms with Crippen LogP contribution in [-0.4, -0.2) is 11.9 Å². The molecule has 1 aromatic rings. The predicted octanol–water partition coefficient (Wildman–Crippen LogP) is 2.45. The highest BCUT2D eigenvalue weighted by atomic mass is 19.1. The summed E-state index contributed by atoms with van der Waals surface area (Å²) >= 11 is 0. The largest absolute Gasteiger partial charge is 0.324 e. The van der Waals surface area contributed by atoms with Crippen molar-refractivity contribution >= 4 is 11.6 Å². The molecule has 0 bridgehead atoms. The molecule has 2 atom stereocenters. The van der Waals surface area contributed by atoms with Crippen LogP contribution >= 0.6 is 0 Å². The predicted molar refractivity (Wildman–Crippen MR) is 67.2 cm³/mol. The van der Waals surface area contributed by atoms with Crippen LogP contribution in [0.2, 0.25) is 0 Å². The van der Waals surface area contributed by atoms with Gasteiger partial charge in [-0.2, -0.15) is 0 Å². The number of rotatable bonds is 4. The van der Waals surface area contributed by atoms with Crippen LogP contribution in [0.5, 0.6) is 0 Å². The molecule has 0 aromatic heterocycles. The topological polar surface area (TPSA) is 55.1 Å². The van der Waals surface area contributed by atoms with Gasteiger partial charge in [-0.05, 0) is 25.0 Å². The molecule has 17 heavy (non-hydrogen) atoms. The highest BCUT2D eigenvalue weighted by molar-refractivity contribution is 5.95. The van der Waals surface area contributed by atoms with Gasteiger partial charge in [0, 0.05) is 11.3 Å². The van der Waals surface area contributed by atoms with E-state index in [2.05, 4.69) is 5.32 Å². The molecule has 0 spiro atoms. The van der Waals surface area contributed by atoms with E-state index in [1.54, 1.807) is 19.1 Å². The molecule has 0 fully saturated rings. The van der Waals surface area contributed by atoms with Crippen LogP contribution in [-0.2, 0) is 4.79 Å². The second-order valence-corrected chi connectivity index (χ2v) is 4.31. The number of nitrogens with one attached hydrogen (secondary N) is 1. The molecule has 4 heteroatoms. The van der Waals surface area contributed by atoms with Crippen LogP contribution in [0, 0.1) is 18.7 Å². The van der Waals surface area contributed by atoms with E-state index in [1.165, 1.54) is 6.07 Å². The van der Waals surface area contributed by atoms with Gasteiger partial charge in [-0.3, -0.25) is 4.79 Å². The molecular formula is C13H19FN2O. The molecule has 0 radical (unpaired) electrons. The molecule has 1 aromatic carbocycles. The Bertz CT molecular complexity index is 406. The molecular weight excluding hydrogens is 219 g/mol. The number of hydrogen-bond donors (Lipinski definition) is 2. The average molecular weight is 238 g/mol. The zero-order valence-corrected chi connectivity index (χ0v) is 10.5. The van der Waals surface area contributed by atoms with Crippen molar-refractivity contribution in [3.05, 3.63) is 29.6 Å². The number of anilines is 1. The molecule has 0 aliphatic rings. The SMILES string of the molecule is CC[C@H](C)[C@H](N)C(=O)Nc1cccc(F)c1C. The van der Waals surface area contributed by atoms with Crippen LogP contribution in [0.25, 0.3) is 0 Å². The molecule has 1 amide bonds. The van der Waals surface area contributed by atoms with E-state index in [4.69, 9.17) is 5.73 Å². The molecule has 0 heterocycles. The van der Waals surface area contributed by atoms with E-state index in [9.17, 15) is 9.18 Å². The number of hydrogen-bond acceptors (Lipinski definition) is 2. The van der Waals surface area contributed by atoms with E-state index in [-0.39, 0.29) is 17.6 Å². The zero-order chi connectivity index (χ0) is 13.0. The Morgan fingerprint density at radius 1 is 1.53 bits per heavy atom. The Morgan fingerprint density at radius 3 is 2.76 bits per heavy atom. The Balaban J connectivity index is 2.78. The summed E-state index contributed by atoms with van der Waals surface area (Å²) in [5.41, 5.74) is 6.71. The van der Waals surface area contributed by atoms with Crippen molar-refractivity contribution in [1.29, 1.82) is 0 Å². The molecule has 0 saturated carbocycles. The Morgan fingerprint density at radius 2 is 2.18 bits per heavy atom. The molecule has 3 nitrogen and oxygen atoms in total. The lowest BCUT2D eigenvalue weighted by Gasteiger charge is -2.18. The lowest BCUT2D eigenvalue weighted by Crippen LogP contribution is -2.40. The lowest BCUT2D eigenvalue weighted by molar-refractivity contribution is -0.118. The van der Waals surface area contributed by atoms with E-state index in [1.807, 2.05) is 13.8 Å². The maximum atomic E-state index is 13.3. The first-order chi connectivity index (χ1) is 7.97. The Kier molecular flexibility index (Phi) is 4.63. The standard InChI is InChI=1S/C13H19FN2O/c1-4-8(2)12(15)13(17)16-11-7-5-6-10(14)9(11)3/h5-8,12H,4,15H2,1-3H3,(H,16,17)/t8-,12-/m0/s1. The Labute approximate surface area is 101 Å². The summed E-state index contributed by atoms with van der Waals surface area (Å²) in [6.45, 7) is 5.52. The zero-order valence-electron chi connectivity index (χ0n) is 10.5. The number of halogens is 1. The minimum Gasteiger partial charge on any atom is -0.324 e. The lowest BCUT2D eigenvalue weighted by atomic mass is 9.99. The van der Waals surface area contributed by atoms with E-state index in [0.29, 0.717) is 11.3 Å². The molecule has 0 aliphatic carbocycles. The fourth-order valence-electron chi connectivity index (χ4n) is 1.47. The van der Waals surface area contributed by atoms with E-state index < -0.39 is 6.04 Å². The highest BCUT2D eigenvalue weighted by Crippen LogP contribution is 2.18. The molecule has 3 N–H and O–H groups in total. The summed E-state index contributed by atoms with van der Waals surface area (Å²) in [4.78, 5) is 11.8. The molecule has 0 saturated heterocycles. The van der Waals surface area contributed by atoms with Gasteiger partial charge in [0.15, 0.2) is 0 Å². The van der Waals surface area contributed by atoms with Gasteiger partial charge < -0.3 is 11.1 Å². The number of amides is 1. The van der Waals surface area contributed by atoms with Crippen molar-refractivity contribution in [2.24, 2.45) is 11.7 Å². The van der Waals surface area contributed by atoms with Crippen LogP contribution in [0.3, 0.4) is 0 Å². The minimum atomic E-state index is -0.567. The van der Waals surface area contributed by atoms with Gasteiger partial charge in [0.05, 0.1) is 6.04 Å². The minimum absolute atomic E-state index is 0.101. The molecule has 0 aliphatic heterocycles. The first kappa shape index (κ1) is 13.6. The van der Waals surface area contributed by atoms with Crippen molar-refractivity contribution in [3.63, 3.8) is 0 Å². The highest BCUT2D eigenvalue weighted by Gasteiger charge is 2.20. The molecule has 94 valence electrons. The van der Waals surface area contributed by atoms with Gasteiger partial charge in [0.2, 0.25) is 5.91 Å².